The molecule has 1 unspecified atom stereocenters. The van der Waals surface area contributed by atoms with Crippen molar-refractivity contribution in [3.8, 4) is 17.2 Å². The predicted octanol–water partition coefficient (Wildman–Crippen LogP) is 4.09. The van der Waals surface area contributed by atoms with Gasteiger partial charge in [0.15, 0.2) is 11.5 Å². The molecule has 0 aliphatic carbocycles. The molecule has 1 saturated heterocycles. The van der Waals surface area contributed by atoms with Crippen LogP contribution in [0.1, 0.15) is 26.9 Å². The third-order valence-electron chi connectivity index (χ3n) is 4.40. The SMILES string of the molecule is COc1cc(C(=O)N2CCSC(c3cccs3)CC2)cc(OC)c1OC. The van der Waals surface area contributed by atoms with Crippen molar-refractivity contribution in [1.82, 2.24) is 4.90 Å². The van der Waals surface area contributed by atoms with E-state index in [0.717, 1.165) is 25.3 Å². The number of benzene rings is 1. The number of carbonyl (C=O) groups is 1. The van der Waals surface area contributed by atoms with Crippen molar-refractivity contribution in [2.75, 3.05) is 40.2 Å². The predicted molar refractivity (Wildman–Crippen MR) is 106 cm³/mol. The molecule has 7 heteroatoms. The average Bonchev–Trinajstić information content (AvgIpc) is 3.10. The molecule has 1 amide bonds. The van der Waals surface area contributed by atoms with Gasteiger partial charge in [0, 0.05) is 34.5 Å². The third kappa shape index (κ3) is 3.94. The summed E-state index contributed by atoms with van der Waals surface area (Å²) in [7, 11) is 4.66. The third-order valence-corrected chi connectivity index (χ3v) is 6.85. The van der Waals surface area contributed by atoms with E-state index in [1.165, 1.54) is 4.88 Å². The molecule has 0 saturated carbocycles. The summed E-state index contributed by atoms with van der Waals surface area (Å²) in [5.74, 6) is 2.41. The van der Waals surface area contributed by atoms with E-state index < -0.39 is 0 Å². The van der Waals surface area contributed by atoms with E-state index in [2.05, 4.69) is 17.5 Å². The fourth-order valence-corrected chi connectivity index (χ4v) is 5.30. The number of amides is 1. The summed E-state index contributed by atoms with van der Waals surface area (Å²) < 4.78 is 16.1. The molecule has 1 aliphatic rings. The zero-order chi connectivity index (χ0) is 18.5. The fraction of sp³-hybridized carbons (Fsp3) is 0.421. The zero-order valence-electron chi connectivity index (χ0n) is 15.2. The maximum absolute atomic E-state index is 13.0. The summed E-state index contributed by atoms with van der Waals surface area (Å²) in [5.41, 5.74) is 0.555. The maximum Gasteiger partial charge on any atom is 0.254 e. The second-order valence-electron chi connectivity index (χ2n) is 5.87. The molecule has 1 fully saturated rings. The molecule has 3 rings (SSSR count). The van der Waals surface area contributed by atoms with E-state index in [9.17, 15) is 4.79 Å². The van der Waals surface area contributed by atoms with Crippen LogP contribution in [0.3, 0.4) is 0 Å². The lowest BCUT2D eigenvalue weighted by Crippen LogP contribution is -2.33. The number of thiophene rings is 1. The van der Waals surface area contributed by atoms with Crippen LogP contribution in [0.2, 0.25) is 0 Å². The first-order valence-electron chi connectivity index (χ1n) is 8.42. The minimum Gasteiger partial charge on any atom is -0.493 e. The van der Waals surface area contributed by atoms with Crippen LogP contribution >= 0.6 is 23.1 Å². The topological polar surface area (TPSA) is 48.0 Å². The molecule has 26 heavy (non-hydrogen) atoms. The standard InChI is InChI=1S/C19H23NO4S2/c1-22-14-11-13(12-15(23-2)18(14)24-3)19(21)20-7-6-17(26-10-8-20)16-5-4-9-25-16/h4-5,9,11-12,17H,6-8,10H2,1-3H3. The number of carbonyl (C=O) groups excluding carboxylic acids is 1. The smallest absolute Gasteiger partial charge is 0.254 e. The fourth-order valence-electron chi connectivity index (χ4n) is 3.06. The Hall–Kier alpha value is -1.86. The average molecular weight is 394 g/mol. The lowest BCUT2D eigenvalue weighted by molar-refractivity contribution is 0.0766. The highest BCUT2D eigenvalue weighted by Crippen LogP contribution is 2.40. The number of thioether (sulfide) groups is 1. The molecular weight excluding hydrogens is 370 g/mol. The van der Waals surface area contributed by atoms with Crippen molar-refractivity contribution >= 4 is 29.0 Å². The molecule has 0 bridgehead atoms. The Morgan fingerprint density at radius 1 is 1.12 bits per heavy atom. The number of methoxy groups -OCH3 is 3. The highest BCUT2D eigenvalue weighted by molar-refractivity contribution is 7.99. The number of hydrogen-bond acceptors (Lipinski definition) is 6. The highest BCUT2D eigenvalue weighted by Gasteiger charge is 2.25. The van der Waals surface area contributed by atoms with Gasteiger partial charge in [0.1, 0.15) is 0 Å². The Kier molecular flexibility index (Phi) is 6.32. The largest absolute Gasteiger partial charge is 0.493 e. The Balaban J connectivity index is 1.78. The van der Waals surface area contributed by atoms with Gasteiger partial charge in [-0.15, -0.1) is 11.3 Å². The first-order chi connectivity index (χ1) is 12.7. The van der Waals surface area contributed by atoms with Crippen LogP contribution in [0.5, 0.6) is 17.2 Å². The molecule has 2 heterocycles. The minimum atomic E-state index is -0.00307. The van der Waals surface area contributed by atoms with Gasteiger partial charge < -0.3 is 19.1 Å². The summed E-state index contributed by atoms with van der Waals surface area (Å²) in [6, 6.07) is 7.71. The van der Waals surface area contributed by atoms with Gasteiger partial charge in [-0.05, 0) is 30.0 Å². The molecule has 1 aliphatic heterocycles. The van der Waals surface area contributed by atoms with Crippen LogP contribution in [0.15, 0.2) is 29.6 Å². The summed E-state index contributed by atoms with van der Waals surface area (Å²) in [6.45, 7) is 1.48. The van der Waals surface area contributed by atoms with E-state index >= 15 is 0 Å². The quantitative estimate of drug-likeness (QED) is 0.766. The van der Waals surface area contributed by atoms with Crippen LogP contribution in [0.25, 0.3) is 0 Å². The van der Waals surface area contributed by atoms with Crippen LogP contribution < -0.4 is 14.2 Å². The van der Waals surface area contributed by atoms with E-state index in [1.54, 1.807) is 44.8 Å². The molecule has 0 N–H and O–H groups in total. The van der Waals surface area contributed by atoms with Gasteiger partial charge in [-0.25, -0.2) is 0 Å². The molecule has 2 aromatic rings. The molecule has 5 nitrogen and oxygen atoms in total. The van der Waals surface area contributed by atoms with Gasteiger partial charge >= 0.3 is 0 Å². The van der Waals surface area contributed by atoms with Gasteiger partial charge in [0.2, 0.25) is 5.75 Å². The van der Waals surface area contributed by atoms with Crippen LogP contribution in [-0.2, 0) is 0 Å². The lowest BCUT2D eigenvalue weighted by Gasteiger charge is -2.21. The van der Waals surface area contributed by atoms with Gasteiger partial charge in [0.25, 0.3) is 5.91 Å². The molecule has 0 spiro atoms. The van der Waals surface area contributed by atoms with E-state index in [0.29, 0.717) is 28.1 Å². The molecule has 140 valence electrons. The van der Waals surface area contributed by atoms with Gasteiger partial charge in [-0.1, -0.05) is 6.07 Å². The minimum absolute atomic E-state index is 0.00307. The van der Waals surface area contributed by atoms with Crippen molar-refractivity contribution in [3.63, 3.8) is 0 Å². The molecule has 1 aromatic carbocycles. The Bertz CT molecular complexity index is 723. The second kappa shape index (κ2) is 8.68. The summed E-state index contributed by atoms with van der Waals surface area (Å²) >= 11 is 3.71. The Morgan fingerprint density at radius 2 is 1.85 bits per heavy atom. The highest BCUT2D eigenvalue weighted by atomic mass is 32.2. The number of hydrogen-bond donors (Lipinski definition) is 0. The van der Waals surface area contributed by atoms with Crippen molar-refractivity contribution in [2.45, 2.75) is 11.7 Å². The number of rotatable bonds is 5. The first-order valence-corrected chi connectivity index (χ1v) is 10.3. The summed E-state index contributed by atoms with van der Waals surface area (Å²) in [5, 5.41) is 2.58. The van der Waals surface area contributed by atoms with Crippen molar-refractivity contribution < 1.29 is 19.0 Å². The zero-order valence-corrected chi connectivity index (χ0v) is 16.8. The molecule has 0 radical (unpaired) electrons. The first kappa shape index (κ1) is 18.9. The van der Waals surface area contributed by atoms with Gasteiger partial charge in [-0.2, -0.15) is 11.8 Å². The lowest BCUT2D eigenvalue weighted by atomic mass is 10.1. The van der Waals surface area contributed by atoms with Crippen LogP contribution in [0.4, 0.5) is 0 Å². The van der Waals surface area contributed by atoms with E-state index in [-0.39, 0.29) is 5.91 Å². The van der Waals surface area contributed by atoms with E-state index in [1.807, 2.05) is 16.7 Å². The number of ether oxygens (including phenoxy) is 3. The van der Waals surface area contributed by atoms with Gasteiger partial charge in [0.05, 0.1) is 21.3 Å². The maximum atomic E-state index is 13.0. The second-order valence-corrected chi connectivity index (χ2v) is 8.16. The van der Waals surface area contributed by atoms with Crippen molar-refractivity contribution in [2.24, 2.45) is 0 Å². The monoisotopic (exact) mass is 393 g/mol. The van der Waals surface area contributed by atoms with Crippen LogP contribution in [-0.4, -0.2) is 51.0 Å². The number of nitrogens with zero attached hydrogens (tertiary/aromatic N) is 1. The van der Waals surface area contributed by atoms with Crippen molar-refractivity contribution in [1.29, 1.82) is 0 Å². The molecular formula is C19H23NO4S2. The van der Waals surface area contributed by atoms with Crippen molar-refractivity contribution in [3.05, 3.63) is 40.1 Å². The Labute approximate surface area is 162 Å². The summed E-state index contributed by atoms with van der Waals surface area (Å²) in [6.07, 6.45) is 0.960. The van der Waals surface area contributed by atoms with Gasteiger partial charge in [-0.3, -0.25) is 4.79 Å². The molecule has 1 aromatic heterocycles. The normalized spacial score (nSPS) is 17.5. The molecule has 1 atom stereocenters. The van der Waals surface area contributed by atoms with Crippen LogP contribution in [0, 0.1) is 0 Å². The van der Waals surface area contributed by atoms with E-state index in [4.69, 9.17) is 14.2 Å². The Morgan fingerprint density at radius 3 is 2.42 bits per heavy atom. The summed E-state index contributed by atoms with van der Waals surface area (Å²) in [4.78, 5) is 16.4.